The molecule has 2 saturated carbocycles. The van der Waals surface area contributed by atoms with Crippen molar-refractivity contribution in [1.29, 1.82) is 0 Å². The quantitative estimate of drug-likeness (QED) is 0.690. The van der Waals surface area contributed by atoms with Crippen molar-refractivity contribution in [3.63, 3.8) is 0 Å². The van der Waals surface area contributed by atoms with Gasteiger partial charge in [-0.3, -0.25) is 4.79 Å². The Morgan fingerprint density at radius 3 is 2.76 bits per heavy atom. The normalized spacial score (nSPS) is 52.0. The third kappa shape index (κ3) is 1.72. The minimum atomic E-state index is -0.136. The van der Waals surface area contributed by atoms with E-state index in [9.17, 15) is 9.90 Å². The van der Waals surface area contributed by atoms with E-state index >= 15 is 0 Å². The van der Waals surface area contributed by atoms with E-state index in [1.165, 1.54) is 12.0 Å². The number of aliphatic hydroxyl groups excluding tert-OH is 1. The first-order chi connectivity index (χ1) is 9.95. The lowest BCUT2D eigenvalue weighted by Gasteiger charge is -2.56. The number of carbonyl (C=O) groups excluding carboxylic acids is 1. The topological polar surface area (TPSA) is 37.3 Å². The zero-order valence-electron chi connectivity index (χ0n) is 13.1. The maximum absolute atomic E-state index is 12.3. The fourth-order valence-corrected chi connectivity index (χ4v) is 5.92. The molecular weight excluding hydrogens is 260 g/mol. The van der Waals surface area contributed by atoms with Gasteiger partial charge >= 0.3 is 0 Å². The number of hydrogen-bond donors (Lipinski definition) is 1. The van der Waals surface area contributed by atoms with Crippen molar-refractivity contribution in [2.45, 2.75) is 58.5 Å². The molecule has 6 atom stereocenters. The summed E-state index contributed by atoms with van der Waals surface area (Å²) in [4.78, 5) is 12.3. The molecule has 4 aliphatic rings. The molecule has 2 fully saturated rings. The molecular formula is C19H26O2. The lowest BCUT2D eigenvalue weighted by molar-refractivity contribution is -0.129. The summed E-state index contributed by atoms with van der Waals surface area (Å²) < 4.78 is 0. The van der Waals surface area contributed by atoms with E-state index in [0.717, 1.165) is 32.1 Å². The van der Waals surface area contributed by atoms with E-state index < -0.39 is 0 Å². The van der Waals surface area contributed by atoms with Crippen molar-refractivity contribution < 1.29 is 9.90 Å². The Labute approximate surface area is 127 Å². The molecule has 2 unspecified atom stereocenters. The Morgan fingerprint density at radius 1 is 1.19 bits per heavy atom. The summed E-state index contributed by atoms with van der Waals surface area (Å²) in [5.41, 5.74) is 1.64. The summed E-state index contributed by atoms with van der Waals surface area (Å²) in [6, 6.07) is 0. The van der Waals surface area contributed by atoms with Crippen LogP contribution in [0.15, 0.2) is 23.8 Å². The highest BCUT2D eigenvalue weighted by Gasteiger charge is 2.57. The van der Waals surface area contributed by atoms with Crippen LogP contribution >= 0.6 is 0 Å². The van der Waals surface area contributed by atoms with Gasteiger partial charge in [0.25, 0.3) is 0 Å². The van der Waals surface area contributed by atoms with Crippen LogP contribution in [0.1, 0.15) is 52.4 Å². The van der Waals surface area contributed by atoms with E-state index in [-0.39, 0.29) is 16.9 Å². The molecule has 0 heterocycles. The summed E-state index contributed by atoms with van der Waals surface area (Å²) in [6.07, 6.45) is 12.6. The number of fused-ring (bicyclic) bond motifs is 5. The van der Waals surface area contributed by atoms with Gasteiger partial charge in [0.1, 0.15) is 0 Å². The Morgan fingerprint density at radius 2 is 1.95 bits per heavy atom. The SMILES string of the molecule is C[C@]12CC[C@H](O)CC1=CCC1C2CC[C@]2(C)C(=O)C=C[C@H]12. The monoisotopic (exact) mass is 286 g/mol. The largest absolute Gasteiger partial charge is 0.393 e. The van der Waals surface area contributed by atoms with Crippen LogP contribution in [0.4, 0.5) is 0 Å². The highest BCUT2D eigenvalue weighted by Crippen LogP contribution is 2.62. The van der Waals surface area contributed by atoms with E-state index in [1.54, 1.807) is 0 Å². The van der Waals surface area contributed by atoms with Gasteiger partial charge in [-0.15, -0.1) is 0 Å². The fourth-order valence-electron chi connectivity index (χ4n) is 5.92. The molecule has 0 aromatic heterocycles. The van der Waals surface area contributed by atoms with Crippen LogP contribution in [0.5, 0.6) is 0 Å². The number of hydrogen-bond acceptors (Lipinski definition) is 2. The molecule has 0 bridgehead atoms. The van der Waals surface area contributed by atoms with E-state index in [0.29, 0.717) is 23.5 Å². The molecule has 4 aliphatic carbocycles. The molecule has 0 aromatic carbocycles. The van der Waals surface area contributed by atoms with Crippen LogP contribution < -0.4 is 0 Å². The summed E-state index contributed by atoms with van der Waals surface area (Å²) in [5.74, 6) is 2.10. The number of aliphatic hydroxyl groups is 1. The van der Waals surface area contributed by atoms with Gasteiger partial charge in [-0.05, 0) is 67.8 Å². The molecule has 4 rings (SSSR count). The highest BCUT2D eigenvalue weighted by molar-refractivity contribution is 5.97. The molecule has 2 nitrogen and oxygen atoms in total. The first-order valence-electron chi connectivity index (χ1n) is 8.55. The van der Waals surface area contributed by atoms with Crippen LogP contribution in [-0.4, -0.2) is 17.0 Å². The summed E-state index contributed by atoms with van der Waals surface area (Å²) in [6.45, 7) is 4.60. The number of rotatable bonds is 0. The van der Waals surface area contributed by atoms with E-state index in [1.807, 2.05) is 6.08 Å². The minimum absolute atomic E-state index is 0.128. The number of ketones is 1. The van der Waals surface area contributed by atoms with E-state index in [4.69, 9.17) is 0 Å². The average molecular weight is 286 g/mol. The maximum atomic E-state index is 12.3. The Bertz CT molecular complexity index is 546. The van der Waals surface area contributed by atoms with Crippen molar-refractivity contribution >= 4 is 5.78 Å². The van der Waals surface area contributed by atoms with Crippen molar-refractivity contribution in [1.82, 2.24) is 0 Å². The maximum Gasteiger partial charge on any atom is 0.161 e. The lowest BCUT2D eigenvalue weighted by atomic mass is 9.48. The summed E-state index contributed by atoms with van der Waals surface area (Å²) in [7, 11) is 0. The smallest absolute Gasteiger partial charge is 0.161 e. The van der Waals surface area contributed by atoms with Crippen LogP contribution in [-0.2, 0) is 4.79 Å². The predicted molar refractivity (Wildman–Crippen MR) is 82.6 cm³/mol. The molecule has 1 N–H and O–H groups in total. The number of allylic oxidation sites excluding steroid dienone is 3. The molecule has 0 radical (unpaired) electrons. The second-order valence-corrected chi connectivity index (χ2v) is 8.25. The van der Waals surface area contributed by atoms with Gasteiger partial charge in [0.2, 0.25) is 0 Å². The van der Waals surface area contributed by atoms with Gasteiger partial charge in [-0.25, -0.2) is 0 Å². The third-order valence-corrected chi connectivity index (χ3v) is 7.35. The average Bonchev–Trinajstić information content (AvgIpc) is 2.76. The van der Waals surface area contributed by atoms with Gasteiger partial charge in [0.05, 0.1) is 6.10 Å². The zero-order chi connectivity index (χ0) is 14.8. The van der Waals surface area contributed by atoms with Crippen LogP contribution in [0.2, 0.25) is 0 Å². The van der Waals surface area contributed by atoms with Gasteiger partial charge < -0.3 is 5.11 Å². The molecule has 114 valence electrons. The number of carbonyl (C=O) groups is 1. The van der Waals surface area contributed by atoms with Gasteiger partial charge in [-0.1, -0.05) is 31.6 Å². The molecule has 0 aromatic rings. The van der Waals surface area contributed by atoms with E-state index in [2.05, 4.69) is 26.0 Å². The standard InChI is InChI=1S/C19H26O2/c1-18-9-7-13(20)11-12(18)3-4-14-15-5-6-17(21)19(15,2)10-8-16(14)18/h3,5-6,13-16,20H,4,7-11H2,1-2H3/t13-,14?,15+,16?,18-,19-/m0/s1. The predicted octanol–water partition coefficient (Wildman–Crippen LogP) is 3.66. The van der Waals surface area contributed by atoms with Crippen molar-refractivity contribution in [2.24, 2.45) is 28.6 Å². The third-order valence-electron chi connectivity index (χ3n) is 7.35. The molecule has 0 aliphatic heterocycles. The second-order valence-electron chi connectivity index (χ2n) is 8.25. The van der Waals surface area contributed by atoms with Crippen LogP contribution in [0.3, 0.4) is 0 Å². The molecule has 0 saturated heterocycles. The Balaban J connectivity index is 1.71. The molecule has 2 heteroatoms. The first-order valence-corrected chi connectivity index (χ1v) is 8.55. The summed E-state index contributed by atoms with van der Waals surface area (Å²) >= 11 is 0. The second kappa shape index (κ2) is 4.32. The van der Waals surface area contributed by atoms with Crippen LogP contribution in [0.25, 0.3) is 0 Å². The van der Waals surface area contributed by atoms with Crippen molar-refractivity contribution in [3.8, 4) is 0 Å². The zero-order valence-corrected chi connectivity index (χ0v) is 13.1. The van der Waals surface area contributed by atoms with Crippen molar-refractivity contribution in [2.75, 3.05) is 0 Å². The van der Waals surface area contributed by atoms with Gasteiger partial charge in [-0.2, -0.15) is 0 Å². The Hall–Kier alpha value is -0.890. The molecule has 0 amide bonds. The minimum Gasteiger partial charge on any atom is -0.393 e. The Kier molecular flexibility index (Phi) is 2.83. The lowest BCUT2D eigenvalue weighted by Crippen LogP contribution is -2.50. The molecule has 0 spiro atoms. The van der Waals surface area contributed by atoms with Gasteiger partial charge in [0.15, 0.2) is 5.78 Å². The summed E-state index contributed by atoms with van der Waals surface area (Å²) in [5, 5.41) is 9.99. The van der Waals surface area contributed by atoms with Crippen LogP contribution in [0, 0.1) is 28.6 Å². The molecule has 21 heavy (non-hydrogen) atoms. The highest BCUT2D eigenvalue weighted by atomic mass is 16.3. The fraction of sp³-hybridized carbons (Fsp3) is 0.737. The first kappa shape index (κ1) is 13.8. The van der Waals surface area contributed by atoms with Crippen molar-refractivity contribution in [3.05, 3.63) is 23.8 Å². The van der Waals surface area contributed by atoms with Gasteiger partial charge in [0, 0.05) is 5.41 Å².